The van der Waals surface area contributed by atoms with Crippen LogP contribution < -0.4 is 30.7 Å². The maximum atomic E-state index is 13.5. The molecular weight excluding hydrogens is 840 g/mol. The van der Waals surface area contributed by atoms with Gasteiger partial charge >= 0.3 is 6.18 Å². The standard InChI is InChI=1S/C47H58F3N11O4/c1-31-28-57(29-32-10-16-59(17-11-32)37-4-6-40(52-26-37)45(64)54-41-7-9-43(62)56-46(41)65)22-23-61(31)30-33-12-18-60(19-13-33)38-5-8-42(53-27-38)55-44(63)34-14-20-58(21-15-34)36-3-2-35(25-51)39(24-36)47(48,49)50/h2-6,8,24,26-27,31-34,41H,7,9-23,28-30H2,1H3,(H,54,64)(H,53,55,63)(H,56,62,65)/t31-,41?/m1/s1. The van der Waals surface area contributed by atoms with Crippen molar-refractivity contribution in [3.05, 3.63) is 71.7 Å². The third-order valence-corrected chi connectivity index (χ3v) is 14.0. The number of hydrogen-bond donors (Lipinski definition) is 3. The lowest BCUT2D eigenvalue weighted by Crippen LogP contribution is -2.54. The number of nitrogens with zero attached hydrogens (tertiary/aromatic N) is 8. The van der Waals surface area contributed by atoms with Gasteiger partial charge in [-0.3, -0.25) is 29.4 Å². The molecule has 0 bridgehead atoms. The van der Waals surface area contributed by atoms with E-state index in [1.807, 2.05) is 29.3 Å². The minimum Gasteiger partial charge on any atom is -0.371 e. The number of pyridine rings is 2. The van der Waals surface area contributed by atoms with Crippen molar-refractivity contribution >= 4 is 46.5 Å². The molecule has 346 valence electrons. The van der Waals surface area contributed by atoms with Crippen LogP contribution in [0.5, 0.6) is 0 Å². The van der Waals surface area contributed by atoms with Gasteiger partial charge in [-0.1, -0.05) is 0 Å². The van der Waals surface area contributed by atoms with Crippen LogP contribution in [0.2, 0.25) is 0 Å². The fraction of sp³-hybridized carbons (Fsp3) is 0.553. The molecule has 5 aliphatic heterocycles. The average Bonchev–Trinajstić information content (AvgIpc) is 3.31. The van der Waals surface area contributed by atoms with Crippen LogP contribution in [0.3, 0.4) is 0 Å². The lowest BCUT2D eigenvalue weighted by molar-refractivity contribution is -0.138. The molecule has 4 amide bonds. The highest BCUT2D eigenvalue weighted by Crippen LogP contribution is 2.36. The van der Waals surface area contributed by atoms with Crippen molar-refractivity contribution in [3.8, 4) is 6.07 Å². The Balaban J connectivity index is 0.708. The second-order valence-corrected chi connectivity index (χ2v) is 18.3. The number of carbonyl (C=O) groups is 4. The van der Waals surface area contributed by atoms with Crippen LogP contribution in [-0.2, 0) is 20.6 Å². The van der Waals surface area contributed by atoms with Crippen molar-refractivity contribution in [1.82, 2.24) is 30.4 Å². The van der Waals surface area contributed by atoms with E-state index in [4.69, 9.17) is 5.26 Å². The highest BCUT2D eigenvalue weighted by molar-refractivity contribution is 6.03. The Morgan fingerprint density at radius 1 is 0.785 bits per heavy atom. The lowest BCUT2D eigenvalue weighted by Gasteiger charge is -2.44. The van der Waals surface area contributed by atoms with E-state index in [9.17, 15) is 32.3 Å². The molecule has 3 N–H and O–H groups in total. The molecule has 18 heteroatoms. The van der Waals surface area contributed by atoms with Gasteiger partial charge in [0.15, 0.2) is 0 Å². The minimum absolute atomic E-state index is 0.142. The van der Waals surface area contributed by atoms with Crippen molar-refractivity contribution < 1.29 is 32.3 Å². The molecule has 2 atom stereocenters. The molecular formula is C47H58F3N11O4. The second-order valence-electron chi connectivity index (χ2n) is 18.3. The Bertz CT molecular complexity index is 2210. The fourth-order valence-corrected chi connectivity index (χ4v) is 10.1. The largest absolute Gasteiger partial charge is 0.417 e. The summed E-state index contributed by atoms with van der Waals surface area (Å²) in [5, 5.41) is 17.0. The zero-order valence-corrected chi connectivity index (χ0v) is 36.9. The molecule has 2 aromatic heterocycles. The van der Waals surface area contributed by atoms with E-state index < -0.39 is 35.2 Å². The fourth-order valence-electron chi connectivity index (χ4n) is 10.1. The number of amides is 4. The van der Waals surface area contributed by atoms with E-state index in [0.29, 0.717) is 55.3 Å². The maximum absolute atomic E-state index is 13.5. The number of rotatable bonds is 11. The summed E-state index contributed by atoms with van der Waals surface area (Å²) >= 11 is 0. The van der Waals surface area contributed by atoms with Gasteiger partial charge in [0.25, 0.3) is 5.91 Å². The second kappa shape index (κ2) is 20.2. The normalized spacial score (nSPS) is 22.4. The molecule has 65 heavy (non-hydrogen) atoms. The number of alkyl halides is 3. The molecule has 0 aliphatic carbocycles. The topological polar surface area (TPSA) is 170 Å². The number of carbonyl (C=O) groups excluding carboxylic acids is 4. The third kappa shape index (κ3) is 11.4. The Morgan fingerprint density at radius 3 is 1.98 bits per heavy atom. The predicted octanol–water partition coefficient (Wildman–Crippen LogP) is 4.90. The number of piperazine rings is 1. The molecule has 0 spiro atoms. The summed E-state index contributed by atoms with van der Waals surface area (Å²) in [7, 11) is 0. The lowest BCUT2D eigenvalue weighted by atomic mass is 9.94. The average molecular weight is 898 g/mol. The van der Waals surface area contributed by atoms with Gasteiger partial charge in [-0.25, -0.2) is 9.97 Å². The smallest absolute Gasteiger partial charge is 0.371 e. The zero-order chi connectivity index (χ0) is 45.7. The number of nitrogens with one attached hydrogen (secondary N) is 3. The monoisotopic (exact) mass is 897 g/mol. The van der Waals surface area contributed by atoms with Gasteiger partial charge in [-0.2, -0.15) is 18.4 Å². The first-order valence-corrected chi connectivity index (χ1v) is 23.0. The molecule has 8 rings (SSSR count). The van der Waals surface area contributed by atoms with E-state index >= 15 is 0 Å². The van der Waals surface area contributed by atoms with Gasteiger partial charge in [-0.15, -0.1) is 0 Å². The molecule has 5 aliphatic rings. The van der Waals surface area contributed by atoms with E-state index in [1.165, 1.54) is 12.1 Å². The highest BCUT2D eigenvalue weighted by Gasteiger charge is 2.36. The molecule has 0 saturated carbocycles. The SMILES string of the molecule is C[C@@H]1CN(CC2CCN(c3ccc(C(=O)NC4CCC(=O)NC4=O)nc3)CC2)CCN1CC1CCN(c2ccc(NC(=O)C3CCN(c4ccc(C#N)c(C(F)(F)F)c4)CC3)nc2)CC1. The van der Waals surface area contributed by atoms with Crippen LogP contribution in [0, 0.1) is 29.1 Å². The summed E-state index contributed by atoms with van der Waals surface area (Å²) in [5.74, 6) is 0.0951. The molecule has 7 heterocycles. The van der Waals surface area contributed by atoms with E-state index in [-0.39, 0.29) is 36.3 Å². The Labute approximate surface area is 377 Å². The van der Waals surface area contributed by atoms with E-state index in [1.54, 1.807) is 18.3 Å². The van der Waals surface area contributed by atoms with Crippen LogP contribution in [0.15, 0.2) is 54.9 Å². The summed E-state index contributed by atoms with van der Waals surface area (Å²) < 4.78 is 40.5. The molecule has 1 aromatic carbocycles. The summed E-state index contributed by atoms with van der Waals surface area (Å²) in [6.07, 6.45) is 4.81. The first-order chi connectivity index (χ1) is 31.3. The van der Waals surface area contributed by atoms with Crippen molar-refractivity contribution in [2.24, 2.45) is 17.8 Å². The molecule has 5 saturated heterocycles. The van der Waals surface area contributed by atoms with Crippen LogP contribution >= 0.6 is 0 Å². The number of imide groups is 1. The minimum atomic E-state index is -4.62. The highest BCUT2D eigenvalue weighted by atomic mass is 19.4. The number of anilines is 4. The van der Waals surface area contributed by atoms with Gasteiger partial charge in [0, 0.05) is 96.1 Å². The van der Waals surface area contributed by atoms with Crippen molar-refractivity contribution in [3.63, 3.8) is 0 Å². The van der Waals surface area contributed by atoms with Gasteiger partial charge in [0.1, 0.15) is 17.6 Å². The van der Waals surface area contributed by atoms with Crippen LogP contribution in [0.4, 0.5) is 36.1 Å². The summed E-state index contributed by atoms with van der Waals surface area (Å²) in [5.41, 5.74) is 1.31. The zero-order valence-electron chi connectivity index (χ0n) is 36.9. The third-order valence-electron chi connectivity index (χ3n) is 14.0. The first-order valence-electron chi connectivity index (χ1n) is 23.0. The van der Waals surface area contributed by atoms with Crippen molar-refractivity contribution in [1.29, 1.82) is 5.26 Å². The van der Waals surface area contributed by atoms with E-state index in [0.717, 1.165) is 102 Å². The Hall–Kier alpha value is -5.80. The van der Waals surface area contributed by atoms with Crippen LogP contribution in [0.25, 0.3) is 0 Å². The Morgan fingerprint density at radius 2 is 1.40 bits per heavy atom. The quantitative estimate of drug-likeness (QED) is 0.223. The summed E-state index contributed by atoms with van der Waals surface area (Å²) in [6, 6.07) is 12.6. The van der Waals surface area contributed by atoms with Gasteiger partial charge in [0.2, 0.25) is 17.7 Å². The van der Waals surface area contributed by atoms with Crippen molar-refractivity contribution in [2.75, 3.05) is 92.0 Å². The van der Waals surface area contributed by atoms with Gasteiger partial charge in [0.05, 0.1) is 41.0 Å². The number of piperidine rings is 4. The van der Waals surface area contributed by atoms with Gasteiger partial charge in [-0.05, 0) is 106 Å². The maximum Gasteiger partial charge on any atom is 0.417 e. The Kier molecular flexibility index (Phi) is 14.2. The van der Waals surface area contributed by atoms with Gasteiger partial charge < -0.3 is 30.2 Å². The number of halogens is 3. The molecule has 0 radical (unpaired) electrons. The molecule has 1 unspecified atom stereocenters. The first kappa shape index (κ1) is 45.8. The van der Waals surface area contributed by atoms with Crippen LogP contribution in [0.1, 0.15) is 79.9 Å². The van der Waals surface area contributed by atoms with E-state index in [2.05, 4.69) is 52.4 Å². The number of aromatic nitrogens is 2. The molecule has 5 fully saturated rings. The summed E-state index contributed by atoms with van der Waals surface area (Å²) in [6.45, 7) is 12.4. The molecule has 3 aromatic rings. The predicted molar refractivity (Wildman–Crippen MR) is 239 cm³/mol. The van der Waals surface area contributed by atoms with Crippen LogP contribution in [-0.4, -0.2) is 127 Å². The number of hydrogen-bond acceptors (Lipinski definition) is 12. The number of benzene rings is 1. The van der Waals surface area contributed by atoms with Crippen molar-refractivity contribution in [2.45, 2.75) is 76.6 Å². The molecule has 15 nitrogen and oxygen atoms in total. The number of nitriles is 1. The summed E-state index contributed by atoms with van der Waals surface area (Å²) in [4.78, 5) is 70.0.